The molecule has 2 bridgehead atoms. The van der Waals surface area contributed by atoms with Gasteiger partial charge in [-0.05, 0) is 68.5 Å². The molecular weight excluding hydrogens is 282 g/mol. The van der Waals surface area contributed by atoms with E-state index in [0.717, 1.165) is 24.9 Å². The minimum atomic E-state index is -0.664. The third kappa shape index (κ3) is 2.99. The lowest BCUT2D eigenvalue weighted by Crippen LogP contribution is -2.42. The van der Waals surface area contributed by atoms with Crippen LogP contribution in [-0.4, -0.2) is 29.6 Å². The van der Waals surface area contributed by atoms with Crippen molar-refractivity contribution in [2.24, 2.45) is 17.8 Å². The van der Waals surface area contributed by atoms with Gasteiger partial charge in [0.1, 0.15) is 0 Å². The van der Waals surface area contributed by atoms with Crippen molar-refractivity contribution in [2.75, 3.05) is 19.6 Å². The molecule has 0 aromatic heterocycles. The second-order valence-electron chi connectivity index (χ2n) is 7.83. The monoisotopic (exact) mass is 311 g/mol. The molecule has 0 radical (unpaired) electrons. The largest absolute Gasteiger partial charge is 0.385 e. The first-order valence-electron chi connectivity index (χ1n) is 9.44. The van der Waals surface area contributed by atoms with Crippen molar-refractivity contribution in [1.82, 2.24) is 4.90 Å². The highest BCUT2D eigenvalue weighted by Crippen LogP contribution is 2.52. The molecule has 23 heavy (non-hydrogen) atoms. The van der Waals surface area contributed by atoms with Gasteiger partial charge >= 0.3 is 0 Å². The van der Waals surface area contributed by atoms with Crippen LogP contribution in [0, 0.1) is 17.8 Å². The fraction of sp³-hybridized carbons (Fsp3) is 0.619. The van der Waals surface area contributed by atoms with E-state index in [1.165, 1.54) is 38.8 Å². The first-order valence-corrected chi connectivity index (χ1v) is 9.44. The Morgan fingerprint density at radius 3 is 2.43 bits per heavy atom. The fourth-order valence-electron chi connectivity index (χ4n) is 5.11. The number of fused-ring (bicyclic) bond motifs is 2. The Balaban J connectivity index is 1.55. The van der Waals surface area contributed by atoms with Crippen molar-refractivity contribution in [3.63, 3.8) is 0 Å². The quantitative estimate of drug-likeness (QED) is 0.832. The van der Waals surface area contributed by atoms with Crippen molar-refractivity contribution in [2.45, 2.75) is 44.1 Å². The lowest BCUT2D eigenvalue weighted by atomic mass is 9.72. The molecule has 0 amide bonds. The zero-order valence-electron chi connectivity index (χ0n) is 14.0. The molecule has 2 aliphatic carbocycles. The highest BCUT2D eigenvalue weighted by Gasteiger charge is 2.48. The Labute approximate surface area is 140 Å². The summed E-state index contributed by atoms with van der Waals surface area (Å²) in [6.07, 6.45) is 12.0. The molecule has 1 saturated carbocycles. The third-order valence-electron chi connectivity index (χ3n) is 6.42. The first-order chi connectivity index (χ1) is 11.3. The predicted octanol–water partition coefficient (Wildman–Crippen LogP) is 3.96. The number of benzene rings is 1. The maximum absolute atomic E-state index is 11.8. The number of aliphatic hydroxyl groups is 1. The van der Waals surface area contributed by atoms with E-state index in [1.807, 2.05) is 0 Å². The Kier molecular flexibility index (Phi) is 4.29. The Morgan fingerprint density at radius 2 is 1.78 bits per heavy atom. The van der Waals surface area contributed by atoms with E-state index in [0.29, 0.717) is 17.8 Å². The lowest BCUT2D eigenvalue weighted by Gasteiger charge is -2.40. The summed E-state index contributed by atoms with van der Waals surface area (Å²) in [5, 5.41) is 11.8. The Morgan fingerprint density at radius 1 is 1.00 bits per heavy atom. The molecule has 3 unspecified atom stereocenters. The molecule has 1 saturated heterocycles. The summed E-state index contributed by atoms with van der Waals surface area (Å²) in [4.78, 5) is 2.56. The smallest absolute Gasteiger partial charge is 0.0942 e. The van der Waals surface area contributed by atoms with Crippen molar-refractivity contribution < 1.29 is 5.11 Å². The molecule has 3 aliphatic rings. The van der Waals surface area contributed by atoms with Crippen molar-refractivity contribution >= 4 is 0 Å². The molecule has 1 heterocycles. The molecular formula is C21H29NO. The van der Waals surface area contributed by atoms with E-state index >= 15 is 0 Å². The topological polar surface area (TPSA) is 23.5 Å². The van der Waals surface area contributed by atoms with Gasteiger partial charge in [0.05, 0.1) is 5.60 Å². The normalized spacial score (nSPS) is 33.0. The highest BCUT2D eigenvalue weighted by molar-refractivity contribution is 5.27. The first kappa shape index (κ1) is 15.4. The van der Waals surface area contributed by atoms with E-state index in [2.05, 4.69) is 47.4 Å². The molecule has 2 fully saturated rings. The molecule has 4 rings (SSSR count). The summed E-state index contributed by atoms with van der Waals surface area (Å²) in [6.45, 7) is 3.45. The zero-order valence-corrected chi connectivity index (χ0v) is 14.0. The maximum atomic E-state index is 11.8. The second-order valence-corrected chi connectivity index (χ2v) is 7.83. The van der Waals surface area contributed by atoms with Crippen LogP contribution < -0.4 is 0 Å². The molecule has 4 atom stereocenters. The number of nitrogens with zero attached hydrogens (tertiary/aromatic N) is 1. The van der Waals surface area contributed by atoms with Gasteiger partial charge in [-0.25, -0.2) is 0 Å². The predicted molar refractivity (Wildman–Crippen MR) is 94.1 cm³/mol. The van der Waals surface area contributed by atoms with Gasteiger partial charge in [0.15, 0.2) is 0 Å². The molecule has 1 aromatic carbocycles. The summed E-state index contributed by atoms with van der Waals surface area (Å²) in [5.74, 6) is 1.67. The van der Waals surface area contributed by atoms with Crippen LogP contribution in [0.2, 0.25) is 0 Å². The number of hydrogen-bond acceptors (Lipinski definition) is 2. The van der Waals surface area contributed by atoms with Gasteiger partial charge in [0, 0.05) is 6.54 Å². The van der Waals surface area contributed by atoms with Crippen LogP contribution in [0.3, 0.4) is 0 Å². The van der Waals surface area contributed by atoms with E-state index in [4.69, 9.17) is 0 Å². The van der Waals surface area contributed by atoms with Gasteiger partial charge in [-0.1, -0.05) is 48.9 Å². The van der Waals surface area contributed by atoms with Gasteiger partial charge in [-0.15, -0.1) is 0 Å². The minimum Gasteiger partial charge on any atom is -0.385 e. The number of allylic oxidation sites excluding steroid dienone is 2. The van der Waals surface area contributed by atoms with Crippen LogP contribution in [0.15, 0.2) is 42.5 Å². The van der Waals surface area contributed by atoms with Gasteiger partial charge in [-0.2, -0.15) is 0 Å². The lowest BCUT2D eigenvalue weighted by molar-refractivity contribution is -0.0495. The van der Waals surface area contributed by atoms with E-state index in [1.54, 1.807) is 0 Å². The van der Waals surface area contributed by atoms with Gasteiger partial charge < -0.3 is 10.0 Å². The number of rotatable bonds is 5. The van der Waals surface area contributed by atoms with Crippen molar-refractivity contribution in [1.29, 1.82) is 0 Å². The van der Waals surface area contributed by atoms with Crippen LogP contribution in [0.5, 0.6) is 0 Å². The number of piperidine rings is 1. The molecule has 1 N–H and O–H groups in total. The van der Waals surface area contributed by atoms with E-state index in [-0.39, 0.29) is 0 Å². The number of likely N-dealkylation sites (tertiary alicyclic amines) is 1. The van der Waals surface area contributed by atoms with Crippen LogP contribution in [0.4, 0.5) is 0 Å². The minimum absolute atomic E-state index is 0.393. The van der Waals surface area contributed by atoms with Crippen LogP contribution >= 0.6 is 0 Å². The summed E-state index contributed by atoms with van der Waals surface area (Å²) in [5.41, 5.74) is 0.464. The summed E-state index contributed by atoms with van der Waals surface area (Å²) in [6, 6.07) is 10.5. The summed E-state index contributed by atoms with van der Waals surface area (Å²) >= 11 is 0. The van der Waals surface area contributed by atoms with Crippen LogP contribution in [-0.2, 0) is 5.60 Å². The average molecular weight is 311 g/mol. The standard InChI is InChI=1S/C21H29NO/c23-21(19-7-3-1-4-8-19,11-14-22-12-5-2-6-13-22)20-16-17-9-10-18(20)15-17/h1,3-4,7-10,17-18,20,23H,2,5-6,11-16H2/t17?,18?,20?,21-/m1/s1. The van der Waals surface area contributed by atoms with Gasteiger partial charge in [0.2, 0.25) is 0 Å². The van der Waals surface area contributed by atoms with Crippen LogP contribution in [0.1, 0.15) is 44.1 Å². The maximum Gasteiger partial charge on any atom is 0.0942 e. The summed E-state index contributed by atoms with van der Waals surface area (Å²) < 4.78 is 0. The molecule has 1 aromatic rings. The number of hydrogen-bond donors (Lipinski definition) is 1. The molecule has 1 aliphatic heterocycles. The van der Waals surface area contributed by atoms with Crippen molar-refractivity contribution in [3.8, 4) is 0 Å². The zero-order chi connectivity index (χ0) is 15.7. The van der Waals surface area contributed by atoms with Gasteiger partial charge in [0.25, 0.3) is 0 Å². The molecule has 2 heteroatoms. The molecule has 0 spiro atoms. The van der Waals surface area contributed by atoms with E-state index < -0.39 is 5.60 Å². The van der Waals surface area contributed by atoms with Gasteiger partial charge in [-0.3, -0.25) is 0 Å². The van der Waals surface area contributed by atoms with E-state index in [9.17, 15) is 5.11 Å². The Hall–Kier alpha value is -1.12. The molecule has 124 valence electrons. The third-order valence-corrected chi connectivity index (χ3v) is 6.42. The Bertz CT molecular complexity index is 548. The fourth-order valence-corrected chi connectivity index (χ4v) is 5.11. The SMILES string of the molecule is O[C@](CCN1CCCCC1)(c1ccccc1)C1CC2C=CC1C2. The van der Waals surface area contributed by atoms with Crippen LogP contribution in [0.25, 0.3) is 0 Å². The second kappa shape index (κ2) is 6.41. The average Bonchev–Trinajstić information content (AvgIpc) is 3.25. The molecule has 2 nitrogen and oxygen atoms in total. The van der Waals surface area contributed by atoms with Crippen molar-refractivity contribution in [3.05, 3.63) is 48.0 Å². The summed E-state index contributed by atoms with van der Waals surface area (Å²) in [7, 11) is 0. The highest BCUT2D eigenvalue weighted by atomic mass is 16.3.